The van der Waals surface area contributed by atoms with E-state index < -0.39 is 12.4 Å². The Morgan fingerprint density at radius 1 is 1.09 bits per heavy atom. The van der Waals surface area contributed by atoms with E-state index in [1.807, 2.05) is 0 Å². The molecular weight excluding hydrogens is 507 g/mol. The smallest absolute Gasteiger partial charge is 0.457 e. The van der Waals surface area contributed by atoms with Gasteiger partial charge < -0.3 is 14.8 Å². The predicted molar refractivity (Wildman–Crippen MR) is 118 cm³/mol. The number of anilines is 2. The fourth-order valence-corrected chi connectivity index (χ4v) is 3.42. The van der Waals surface area contributed by atoms with Crippen LogP contribution in [0.3, 0.4) is 0 Å². The number of amides is 1. The summed E-state index contributed by atoms with van der Waals surface area (Å²) in [6.07, 6.45) is -3.94. The first-order valence-electron chi connectivity index (χ1n) is 9.40. The Balaban J connectivity index is 1.57. The number of para-hydroxylation sites is 2. The highest BCUT2D eigenvalue weighted by molar-refractivity contribution is 9.10. The van der Waals surface area contributed by atoms with Gasteiger partial charge in [-0.15, -0.1) is 13.2 Å². The zero-order valence-corrected chi connectivity index (χ0v) is 18.5. The van der Waals surface area contributed by atoms with Crippen LogP contribution < -0.4 is 18.7 Å². The molecule has 0 aliphatic carbocycles. The summed E-state index contributed by atoms with van der Waals surface area (Å²) in [7, 11) is 1.42. The van der Waals surface area contributed by atoms with Gasteiger partial charge in [0, 0.05) is 19.3 Å². The number of imidazole rings is 1. The van der Waals surface area contributed by atoms with E-state index in [0.29, 0.717) is 17.2 Å². The number of ether oxygens (including phenoxy) is 2. The van der Waals surface area contributed by atoms with Gasteiger partial charge in [0.2, 0.25) is 11.8 Å². The van der Waals surface area contributed by atoms with Crippen molar-refractivity contribution >= 4 is 44.9 Å². The number of pyridine rings is 1. The minimum atomic E-state index is -4.67. The number of benzene rings is 2. The van der Waals surface area contributed by atoms with Crippen molar-refractivity contribution in [2.45, 2.75) is 6.30 Å². The maximum atomic E-state index is 13.7. The molecule has 0 saturated heterocycles. The molecule has 4 aromatic rings. The van der Waals surface area contributed by atoms with Crippen LogP contribution in [0, 0.1) is 0 Å². The van der Waals surface area contributed by atoms with Crippen LogP contribution >= 0.6 is 16.1 Å². The number of hydrogen-bond acceptors (Lipinski definition) is 6. The van der Waals surface area contributed by atoms with Gasteiger partial charge in [0.1, 0.15) is 11.5 Å². The molecule has 1 amide bonds. The molecular formula is C21H15BrF3N5O3. The zero-order chi connectivity index (χ0) is 23.6. The predicted octanol–water partition coefficient (Wildman–Crippen LogP) is 5.87. The van der Waals surface area contributed by atoms with Crippen molar-refractivity contribution in [3.8, 4) is 17.4 Å². The lowest BCUT2D eigenvalue weighted by Gasteiger charge is -2.19. The van der Waals surface area contributed by atoms with E-state index in [9.17, 15) is 18.0 Å². The molecule has 170 valence electrons. The third kappa shape index (κ3) is 4.85. The zero-order valence-electron chi connectivity index (χ0n) is 16.9. The van der Waals surface area contributed by atoms with Crippen LogP contribution in [0.4, 0.5) is 29.6 Å². The normalized spacial score (nSPS) is 11.3. The Morgan fingerprint density at radius 2 is 1.82 bits per heavy atom. The van der Waals surface area contributed by atoms with Gasteiger partial charge in [0.05, 0.1) is 32.9 Å². The lowest BCUT2D eigenvalue weighted by molar-refractivity contribution is -0.199. The van der Waals surface area contributed by atoms with E-state index in [1.54, 1.807) is 36.4 Å². The third-order valence-corrected chi connectivity index (χ3v) is 5.11. The Labute approximate surface area is 193 Å². The summed E-state index contributed by atoms with van der Waals surface area (Å²) in [6, 6.07) is 15.3. The van der Waals surface area contributed by atoms with Crippen LogP contribution in [-0.2, 0) is 6.30 Å². The van der Waals surface area contributed by atoms with Crippen molar-refractivity contribution in [3.63, 3.8) is 0 Å². The first-order chi connectivity index (χ1) is 15.8. The molecule has 2 heterocycles. The lowest BCUT2D eigenvalue weighted by atomic mass is 10.3. The standard InChI is InChI=1S/C21H15BrF3N5O3/c1-26-20(31)33-18-12-15(10-11-27-18)32-14-8-6-13(7-9-14)30(22)19-28-16-4-2-3-5-17(16)29(19)21(23,24)25/h2-12H,1H3,(H,26,31). The third-order valence-electron chi connectivity index (χ3n) is 4.38. The summed E-state index contributed by atoms with van der Waals surface area (Å²) < 4.78 is 53.3. The molecule has 12 heteroatoms. The molecule has 0 saturated carbocycles. The summed E-state index contributed by atoms with van der Waals surface area (Å²) in [6.45, 7) is 0. The fraction of sp³-hybridized carbons (Fsp3) is 0.0952. The van der Waals surface area contributed by atoms with Crippen molar-refractivity contribution in [2.75, 3.05) is 11.0 Å². The Morgan fingerprint density at radius 3 is 2.52 bits per heavy atom. The molecule has 0 aliphatic rings. The van der Waals surface area contributed by atoms with E-state index >= 15 is 0 Å². The largest absolute Gasteiger partial charge is 0.491 e. The summed E-state index contributed by atoms with van der Waals surface area (Å²) in [5, 5.41) is 2.31. The first kappa shape index (κ1) is 22.4. The van der Waals surface area contributed by atoms with E-state index in [0.717, 1.165) is 3.93 Å². The van der Waals surface area contributed by atoms with Gasteiger partial charge in [-0.2, -0.15) is 0 Å². The van der Waals surface area contributed by atoms with Crippen molar-refractivity contribution < 1.29 is 27.4 Å². The van der Waals surface area contributed by atoms with Crippen LogP contribution in [0.5, 0.6) is 17.4 Å². The molecule has 4 rings (SSSR count). The molecule has 0 aliphatic heterocycles. The average Bonchev–Trinajstić information content (AvgIpc) is 3.19. The quantitative estimate of drug-likeness (QED) is 0.331. The van der Waals surface area contributed by atoms with Crippen LogP contribution in [0.1, 0.15) is 0 Å². The summed E-state index contributed by atoms with van der Waals surface area (Å²) in [4.78, 5) is 19.3. The number of fused-ring (bicyclic) bond motifs is 1. The van der Waals surface area contributed by atoms with Crippen LogP contribution in [-0.4, -0.2) is 27.7 Å². The molecule has 0 fully saturated rings. The molecule has 8 nitrogen and oxygen atoms in total. The maximum Gasteiger partial charge on any atom is 0.491 e. The number of halogens is 4. The van der Waals surface area contributed by atoms with Crippen molar-refractivity contribution in [1.29, 1.82) is 0 Å². The van der Waals surface area contributed by atoms with Gasteiger partial charge in [-0.3, -0.25) is 0 Å². The van der Waals surface area contributed by atoms with E-state index in [-0.39, 0.29) is 27.4 Å². The van der Waals surface area contributed by atoms with Gasteiger partial charge >= 0.3 is 12.4 Å². The molecule has 2 aromatic heterocycles. The molecule has 0 spiro atoms. The average molecular weight is 522 g/mol. The number of carbonyl (C=O) groups excluding carboxylic acids is 1. The molecule has 2 aromatic carbocycles. The number of hydrogen-bond donors (Lipinski definition) is 1. The molecule has 0 bridgehead atoms. The van der Waals surface area contributed by atoms with Gasteiger partial charge in [0.25, 0.3) is 0 Å². The Kier molecular flexibility index (Phi) is 6.09. The van der Waals surface area contributed by atoms with E-state index in [1.165, 1.54) is 37.5 Å². The second-order valence-electron chi connectivity index (χ2n) is 6.55. The van der Waals surface area contributed by atoms with Gasteiger partial charge in [-0.05, 0) is 42.5 Å². The molecule has 33 heavy (non-hydrogen) atoms. The van der Waals surface area contributed by atoms with E-state index in [2.05, 4.69) is 31.4 Å². The summed E-state index contributed by atoms with van der Waals surface area (Å²) >= 11 is 3.19. The maximum absolute atomic E-state index is 13.7. The van der Waals surface area contributed by atoms with Crippen molar-refractivity contribution in [3.05, 3.63) is 66.9 Å². The van der Waals surface area contributed by atoms with Gasteiger partial charge in [-0.1, -0.05) is 12.1 Å². The van der Waals surface area contributed by atoms with Gasteiger partial charge in [0.15, 0.2) is 0 Å². The number of nitrogens with zero attached hydrogens (tertiary/aromatic N) is 4. The minimum Gasteiger partial charge on any atom is -0.457 e. The topological polar surface area (TPSA) is 81.5 Å². The Bertz CT molecular complexity index is 1290. The molecule has 0 unspecified atom stereocenters. The number of alkyl halides is 3. The summed E-state index contributed by atoms with van der Waals surface area (Å²) in [5.74, 6) is 0.455. The fourth-order valence-electron chi connectivity index (χ4n) is 2.95. The first-order valence-corrected chi connectivity index (χ1v) is 10.1. The lowest BCUT2D eigenvalue weighted by Crippen LogP contribution is -2.22. The second-order valence-corrected chi connectivity index (χ2v) is 7.26. The monoisotopic (exact) mass is 521 g/mol. The number of aromatic nitrogens is 3. The Hall–Kier alpha value is -3.80. The second kappa shape index (κ2) is 8.98. The van der Waals surface area contributed by atoms with Crippen molar-refractivity contribution in [1.82, 2.24) is 19.9 Å². The van der Waals surface area contributed by atoms with Crippen molar-refractivity contribution in [2.24, 2.45) is 0 Å². The number of rotatable bonds is 5. The van der Waals surface area contributed by atoms with E-state index in [4.69, 9.17) is 9.47 Å². The molecule has 0 atom stereocenters. The van der Waals surface area contributed by atoms with Crippen LogP contribution in [0.2, 0.25) is 0 Å². The van der Waals surface area contributed by atoms with Gasteiger partial charge in [-0.25, -0.2) is 23.3 Å². The highest BCUT2D eigenvalue weighted by Crippen LogP contribution is 2.38. The SMILES string of the molecule is CNC(=O)Oc1cc(Oc2ccc(N(Br)c3nc4ccccc4n3C(F)(F)F)cc2)ccn1. The number of carbonyl (C=O) groups is 1. The highest BCUT2D eigenvalue weighted by Gasteiger charge is 2.37. The number of nitrogens with one attached hydrogen (secondary N) is 1. The van der Waals surface area contributed by atoms with Crippen LogP contribution in [0.15, 0.2) is 66.9 Å². The molecule has 1 N–H and O–H groups in total. The summed E-state index contributed by atoms with van der Waals surface area (Å²) in [5.41, 5.74) is 0.542. The molecule has 0 radical (unpaired) electrons. The highest BCUT2D eigenvalue weighted by atomic mass is 79.9. The van der Waals surface area contributed by atoms with Crippen LogP contribution in [0.25, 0.3) is 11.0 Å². The minimum absolute atomic E-state index is 0.0427.